The molecule has 0 fully saturated rings. The van der Waals surface area contributed by atoms with E-state index in [9.17, 15) is 9.59 Å². The Kier molecular flexibility index (Phi) is 2.96. The minimum Gasteiger partial charge on any atom is -0.508 e. The first-order chi connectivity index (χ1) is 8.56. The van der Waals surface area contributed by atoms with E-state index < -0.39 is 11.9 Å². The number of carbonyl (C=O) groups is 2. The third-order valence-electron chi connectivity index (χ3n) is 1.98. The average molecular weight is 249 g/mol. The van der Waals surface area contributed by atoms with Crippen LogP contribution in [0.4, 0.5) is 0 Å². The van der Waals surface area contributed by atoms with Crippen LogP contribution < -0.4 is 4.74 Å². The predicted octanol–water partition coefficient (Wildman–Crippen LogP) is 1.30. The molecule has 0 aliphatic carbocycles. The summed E-state index contributed by atoms with van der Waals surface area (Å²) in [6.45, 7) is 0. The highest BCUT2D eigenvalue weighted by Crippen LogP contribution is 2.17. The quantitative estimate of drug-likeness (QED) is 0.623. The number of phenols is 1. The molecular formula is C11H7NO6. The maximum atomic E-state index is 11.5. The zero-order valence-corrected chi connectivity index (χ0v) is 8.86. The van der Waals surface area contributed by atoms with Crippen molar-refractivity contribution in [2.75, 3.05) is 0 Å². The summed E-state index contributed by atoms with van der Waals surface area (Å²) in [6, 6.07) is 6.39. The number of ether oxygens (including phenoxy) is 1. The van der Waals surface area contributed by atoms with Crippen molar-refractivity contribution < 1.29 is 29.1 Å². The Hall–Kier alpha value is -2.83. The van der Waals surface area contributed by atoms with Gasteiger partial charge in [-0.05, 0) is 24.3 Å². The van der Waals surface area contributed by atoms with Crippen LogP contribution in [0.5, 0.6) is 11.5 Å². The maximum absolute atomic E-state index is 11.5. The van der Waals surface area contributed by atoms with Crippen LogP contribution in [0.1, 0.15) is 21.0 Å². The standard InChI is InChI=1S/C11H7NO6/c13-6-1-3-7(4-2-6)17-11(16)9-5-8(10(14)15)12-18-9/h1-5,13H,(H,14,15). The molecule has 0 unspecified atom stereocenters. The topological polar surface area (TPSA) is 110 Å². The van der Waals surface area contributed by atoms with E-state index in [0.717, 1.165) is 6.07 Å². The largest absolute Gasteiger partial charge is 0.508 e. The lowest BCUT2D eigenvalue weighted by molar-refractivity contribution is 0.0668. The molecule has 0 bridgehead atoms. The smallest absolute Gasteiger partial charge is 0.382 e. The highest BCUT2D eigenvalue weighted by Gasteiger charge is 2.18. The van der Waals surface area contributed by atoms with Gasteiger partial charge in [-0.25, -0.2) is 9.59 Å². The molecule has 7 heteroatoms. The second-order valence-corrected chi connectivity index (χ2v) is 3.26. The van der Waals surface area contributed by atoms with Crippen LogP contribution in [0.3, 0.4) is 0 Å². The van der Waals surface area contributed by atoms with Crippen LogP contribution in [-0.4, -0.2) is 27.3 Å². The van der Waals surface area contributed by atoms with Crippen molar-refractivity contribution in [3.05, 3.63) is 41.8 Å². The van der Waals surface area contributed by atoms with Gasteiger partial charge in [-0.1, -0.05) is 5.16 Å². The molecule has 2 N–H and O–H groups in total. The van der Waals surface area contributed by atoms with E-state index in [1.54, 1.807) is 0 Å². The van der Waals surface area contributed by atoms with Crippen molar-refractivity contribution in [3.63, 3.8) is 0 Å². The van der Waals surface area contributed by atoms with Gasteiger partial charge in [0.05, 0.1) is 0 Å². The van der Waals surface area contributed by atoms with E-state index in [1.165, 1.54) is 24.3 Å². The second kappa shape index (κ2) is 4.58. The Morgan fingerprint density at radius 2 is 1.89 bits per heavy atom. The second-order valence-electron chi connectivity index (χ2n) is 3.26. The first-order valence-electron chi connectivity index (χ1n) is 4.77. The van der Waals surface area contributed by atoms with Gasteiger partial charge >= 0.3 is 11.9 Å². The van der Waals surface area contributed by atoms with Crippen molar-refractivity contribution in [1.29, 1.82) is 0 Å². The van der Waals surface area contributed by atoms with Gasteiger partial charge in [-0.3, -0.25) is 0 Å². The molecule has 2 rings (SSSR count). The predicted molar refractivity (Wildman–Crippen MR) is 56.5 cm³/mol. The monoisotopic (exact) mass is 249 g/mol. The molecule has 92 valence electrons. The van der Waals surface area contributed by atoms with Crippen molar-refractivity contribution >= 4 is 11.9 Å². The highest BCUT2D eigenvalue weighted by molar-refractivity contribution is 5.92. The number of aromatic hydroxyl groups is 1. The van der Waals surface area contributed by atoms with Gasteiger partial charge in [0.15, 0.2) is 5.69 Å². The van der Waals surface area contributed by atoms with Crippen LogP contribution in [0.15, 0.2) is 34.9 Å². The van der Waals surface area contributed by atoms with Crippen LogP contribution in [-0.2, 0) is 0 Å². The number of hydrogen-bond acceptors (Lipinski definition) is 6. The summed E-state index contributed by atoms with van der Waals surface area (Å²) in [7, 11) is 0. The zero-order chi connectivity index (χ0) is 13.1. The molecule has 18 heavy (non-hydrogen) atoms. The molecule has 1 aromatic heterocycles. The molecule has 0 spiro atoms. The van der Waals surface area contributed by atoms with Gasteiger partial charge in [0, 0.05) is 6.07 Å². The number of carbonyl (C=O) groups excluding carboxylic acids is 1. The number of carboxylic acids is 1. The summed E-state index contributed by atoms with van der Waals surface area (Å²) in [5, 5.41) is 20.8. The zero-order valence-electron chi connectivity index (χ0n) is 8.86. The molecule has 2 aromatic rings. The summed E-state index contributed by atoms with van der Waals surface area (Å²) in [4.78, 5) is 22.1. The molecule has 0 amide bonds. The summed E-state index contributed by atoms with van der Waals surface area (Å²) < 4.78 is 9.40. The van der Waals surface area contributed by atoms with Crippen molar-refractivity contribution in [1.82, 2.24) is 5.16 Å². The van der Waals surface area contributed by atoms with E-state index in [4.69, 9.17) is 14.9 Å². The first-order valence-corrected chi connectivity index (χ1v) is 4.77. The fourth-order valence-corrected chi connectivity index (χ4v) is 1.14. The molecular weight excluding hydrogens is 242 g/mol. The summed E-state index contributed by atoms with van der Waals surface area (Å²) >= 11 is 0. The number of nitrogens with zero attached hydrogens (tertiary/aromatic N) is 1. The van der Waals surface area contributed by atoms with Crippen LogP contribution in [0.2, 0.25) is 0 Å². The third kappa shape index (κ3) is 2.46. The molecule has 0 saturated carbocycles. The number of phenolic OH excluding ortho intramolecular Hbond substituents is 1. The van der Waals surface area contributed by atoms with Crippen molar-refractivity contribution in [2.45, 2.75) is 0 Å². The van der Waals surface area contributed by atoms with Gasteiger partial charge < -0.3 is 19.5 Å². The number of esters is 1. The summed E-state index contributed by atoms with van der Waals surface area (Å²) in [5.41, 5.74) is -0.382. The molecule has 0 saturated heterocycles. The van der Waals surface area contributed by atoms with E-state index in [1.807, 2.05) is 0 Å². The average Bonchev–Trinajstić information content (AvgIpc) is 2.81. The van der Waals surface area contributed by atoms with E-state index >= 15 is 0 Å². The van der Waals surface area contributed by atoms with Gasteiger partial charge in [0.1, 0.15) is 11.5 Å². The lowest BCUT2D eigenvalue weighted by atomic mass is 10.3. The third-order valence-corrected chi connectivity index (χ3v) is 1.98. The normalized spacial score (nSPS) is 10.0. The van der Waals surface area contributed by atoms with E-state index in [0.29, 0.717) is 0 Å². The molecule has 1 heterocycles. The Morgan fingerprint density at radius 3 is 2.44 bits per heavy atom. The highest BCUT2D eigenvalue weighted by atomic mass is 16.6. The fourth-order valence-electron chi connectivity index (χ4n) is 1.14. The maximum Gasteiger partial charge on any atom is 0.382 e. The number of carboxylic acid groups (broad SMARTS) is 1. The van der Waals surface area contributed by atoms with Crippen LogP contribution in [0, 0.1) is 0 Å². The van der Waals surface area contributed by atoms with E-state index in [2.05, 4.69) is 9.68 Å². The van der Waals surface area contributed by atoms with Crippen LogP contribution in [0.25, 0.3) is 0 Å². The molecule has 0 radical (unpaired) electrons. The number of aromatic nitrogens is 1. The SMILES string of the molecule is O=C(O)c1cc(C(=O)Oc2ccc(O)cc2)on1. The van der Waals surface area contributed by atoms with E-state index in [-0.39, 0.29) is 23.0 Å². The molecule has 1 aromatic carbocycles. The Labute approximate surface area is 100 Å². The summed E-state index contributed by atoms with van der Waals surface area (Å²) in [6.07, 6.45) is 0. The Bertz CT molecular complexity index is 586. The molecule has 7 nitrogen and oxygen atoms in total. The Balaban J connectivity index is 2.11. The number of rotatable bonds is 3. The minimum absolute atomic E-state index is 0.0302. The first kappa shape index (κ1) is 11.6. The molecule has 0 aliphatic rings. The number of benzene rings is 1. The number of hydrogen-bond donors (Lipinski definition) is 2. The van der Waals surface area contributed by atoms with Crippen LogP contribution >= 0.6 is 0 Å². The minimum atomic E-state index is -1.30. The molecule has 0 aliphatic heterocycles. The van der Waals surface area contributed by atoms with Gasteiger partial charge in [-0.2, -0.15) is 0 Å². The van der Waals surface area contributed by atoms with Gasteiger partial charge in [0.2, 0.25) is 5.76 Å². The molecule has 0 atom stereocenters. The van der Waals surface area contributed by atoms with Crippen molar-refractivity contribution in [2.24, 2.45) is 0 Å². The van der Waals surface area contributed by atoms with Gasteiger partial charge in [0.25, 0.3) is 0 Å². The fraction of sp³-hybridized carbons (Fsp3) is 0. The number of aromatic carboxylic acids is 1. The summed E-state index contributed by atoms with van der Waals surface area (Å²) in [5.74, 6) is -2.28. The van der Waals surface area contributed by atoms with Crippen molar-refractivity contribution in [3.8, 4) is 11.5 Å². The lowest BCUT2D eigenvalue weighted by Crippen LogP contribution is -2.07. The lowest BCUT2D eigenvalue weighted by Gasteiger charge is -2.00. The Morgan fingerprint density at radius 1 is 1.22 bits per heavy atom. The van der Waals surface area contributed by atoms with Gasteiger partial charge in [-0.15, -0.1) is 0 Å².